The molecule has 1 aromatic heterocycles. The van der Waals surface area contributed by atoms with Gasteiger partial charge in [0.25, 0.3) is 5.56 Å². The Morgan fingerprint density at radius 2 is 1.88 bits per heavy atom. The van der Waals surface area contributed by atoms with Gasteiger partial charge in [0, 0.05) is 23.7 Å². The summed E-state index contributed by atoms with van der Waals surface area (Å²) in [7, 11) is 1.63. The van der Waals surface area contributed by atoms with Crippen molar-refractivity contribution >= 4 is 0 Å². The van der Waals surface area contributed by atoms with Gasteiger partial charge in [0.2, 0.25) is 0 Å². The first kappa shape index (κ1) is 16.3. The van der Waals surface area contributed by atoms with Crippen LogP contribution in [0.4, 0.5) is 0 Å². The number of benzene rings is 1. The molecular weight excluding hydrogens is 318 g/mol. The monoisotopic (exact) mass is 341 g/mol. The summed E-state index contributed by atoms with van der Waals surface area (Å²) < 4.78 is 6.58. The van der Waals surface area contributed by atoms with Crippen molar-refractivity contribution in [1.82, 2.24) is 15.1 Å². The molecule has 3 atom stereocenters. The fourth-order valence-corrected chi connectivity index (χ4v) is 4.11. The van der Waals surface area contributed by atoms with E-state index in [4.69, 9.17) is 4.74 Å². The van der Waals surface area contributed by atoms with Crippen LogP contribution in [0, 0.1) is 0 Å². The van der Waals surface area contributed by atoms with E-state index in [0.29, 0.717) is 30.6 Å². The zero-order chi connectivity index (χ0) is 17.4. The molecule has 25 heavy (non-hydrogen) atoms. The fourth-order valence-electron chi connectivity index (χ4n) is 4.11. The first-order valence-corrected chi connectivity index (χ1v) is 8.76. The predicted octanol–water partition coefficient (Wildman–Crippen LogP) is 1.56. The molecule has 4 rings (SSSR count). The van der Waals surface area contributed by atoms with Crippen molar-refractivity contribution in [3.63, 3.8) is 0 Å². The average molecular weight is 341 g/mol. The third kappa shape index (κ3) is 3.32. The van der Waals surface area contributed by atoms with Gasteiger partial charge in [-0.05, 0) is 56.0 Å². The van der Waals surface area contributed by atoms with Crippen LogP contribution in [0.25, 0.3) is 11.3 Å². The van der Waals surface area contributed by atoms with Crippen molar-refractivity contribution in [2.75, 3.05) is 7.11 Å². The Balaban J connectivity index is 1.60. The molecule has 2 fully saturated rings. The first-order valence-electron chi connectivity index (χ1n) is 8.76. The minimum absolute atomic E-state index is 0.184. The van der Waals surface area contributed by atoms with Crippen LogP contribution in [0.1, 0.15) is 25.7 Å². The number of aliphatic hydroxyl groups is 1. The second-order valence-corrected chi connectivity index (χ2v) is 7.21. The highest BCUT2D eigenvalue weighted by atomic mass is 16.5. The molecule has 1 aromatic carbocycles. The van der Waals surface area contributed by atoms with Crippen molar-refractivity contribution in [2.45, 2.75) is 49.9 Å². The average Bonchev–Trinajstić information content (AvgIpc) is 2.96. The molecule has 1 unspecified atom stereocenters. The van der Waals surface area contributed by atoms with Gasteiger partial charge in [-0.3, -0.25) is 4.79 Å². The van der Waals surface area contributed by atoms with Crippen molar-refractivity contribution < 1.29 is 9.84 Å². The van der Waals surface area contributed by atoms with Gasteiger partial charge in [0.1, 0.15) is 5.75 Å². The van der Waals surface area contributed by atoms with Crippen molar-refractivity contribution in [1.29, 1.82) is 0 Å². The van der Waals surface area contributed by atoms with E-state index in [1.54, 1.807) is 13.2 Å². The normalized spacial score (nSPS) is 28.1. The largest absolute Gasteiger partial charge is 0.497 e. The highest BCUT2D eigenvalue weighted by Gasteiger charge is 2.42. The van der Waals surface area contributed by atoms with Crippen LogP contribution < -0.4 is 15.6 Å². The molecule has 0 amide bonds. The van der Waals surface area contributed by atoms with Crippen LogP contribution in [0.5, 0.6) is 5.75 Å². The number of methoxy groups -OCH3 is 1. The van der Waals surface area contributed by atoms with E-state index in [0.717, 1.165) is 24.2 Å². The third-order valence-corrected chi connectivity index (χ3v) is 5.28. The summed E-state index contributed by atoms with van der Waals surface area (Å²) in [5.74, 6) is 0.775. The number of nitrogens with one attached hydrogen (secondary N) is 1. The topological polar surface area (TPSA) is 76.4 Å². The number of piperidine rings is 1. The molecule has 2 aromatic rings. The maximum Gasteiger partial charge on any atom is 0.266 e. The number of fused-ring (bicyclic) bond motifs is 2. The van der Waals surface area contributed by atoms with Crippen LogP contribution in [-0.2, 0) is 6.54 Å². The van der Waals surface area contributed by atoms with Gasteiger partial charge in [0.05, 0.1) is 24.9 Å². The summed E-state index contributed by atoms with van der Waals surface area (Å²) in [4.78, 5) is 12.3. The lowest BCUT2D eigenvalue weighted by molar-refractivity contribution is -0.0249. The molecule has 2 aliphatic rings. The Hall–Kier alpha value is -2.18. The van der Waals surface area contributed by atoms with Gasteiger partial charge >= 0.3 is 0 Å². The van der Waals surface area contributed by atoms with Crippen LogP contribution >= 0.6 is 0 Å². The van der Waals surface area contributed by atoms with Crippen molar-refractivity contribution in [2.24, 2.45) is 0 Å². The van der Waals surface area contributed by atoms with E-state index in [9.17, 15) is 9.90 Å². The maximum absolute atomic E-state index is 12.3. The van der Waals surface area contributed by atoms with E-state index >= 15 is 0 Å². The van der Waals surface area contributed by atoms with Crippen LogP contribution in [0.2, 0.25) is 0 Å². The SMILES string of the molecule is COc1ccc(-c2ccc(=O)n(CC3(O)C[C@H]4CC[C@@H](C3)N4)n2)cc1. The molecule has 0 spiro atoms. The number of hydrogen-bond donors (Lipinski definition) is 2. The van der Waals surface area contributed by atoms with Crippen molar-refractivity contribution in [3.8, 4) is 17.0 Å². The molecule has 0 saturated carbocycles. The van der Waals surface area contributed by atoms with Gasteiger partial charge in [-0.15, -0.1) is 0 Å². The number of ether oxygens (including phenoxy) is 1. The molecule has 2 N–H and O–H groups in total. The Bertz CT molecular complexity index is 803. The highest BCUT2D eigenvalue weighted by molar-refractivity contribution is 5.59. The molecule has 132 valence electrons. The van der Waals surface area contributed by atoms with Crippen LogP contribution in [0.3, 0.4) is 0 Å². The summed E-state index contributed by atoms with van der Waals surface area (Å²) in [6.45, 7) is 0.241. The Labute approximate surface area is 146 Å². The Morgan fingerprint density at radius 3 is 2.52 bits per heavy atom. The molecular formula is C19H23N3O3. The predicted molar refractivity (Wildman–Crippen MR) is 94.6 cm³/mol. The van der Waals surface area contributed by atoms with E-state index in [1.165, 1.54) is 10.7 Å². The van der Waals surface area contributed by atoms with Crippen LogP contribution in [-0.4, -0.2) is 39.7 Å². The second-order valence-electron chi connectivity index (χ2n) is 7.21. The van der Waals surface area contributed by atoms with E-state index in [1.807, 2.05) is 24.3 Å². The standard InChI is InChI=1S/C19H23N3O3/c1-25-16-6-2-13(3-7-16)17-8-9-18(23)22(21-17)12-19(24)10-14-4-5-15(11-19)20-14/h2-3,6-9,14-15,20,24H,4-5,10-12H2,1H3/t14-,15+,19?. The maximum atomic E-state index is 12.3. The lowest BCUT2D eigenvalue weighted by atomic mass is 9.87. The van der Waals surface area contributed by atoms with E-state index in [-0.39, 0.29) is 12.1 Å². The summed E-state index contributed by atoms with van der Waals surface area (Å²) in [6, 6.07) is 11.5. The van der Waals surface area contributed by atoms with Gasteiger partial charge in [0.15, 0.2) is 0 Å². The quantitative estimate of drug-likeness (QED) is 0.883. The minimum Gasteiger partial charge on any atom is -0.497 e. The molecule has 2 bridgehead atoms. The Morgan fingerprint density at radius 1 is 1.20 bits per heavy atom. The van der Waals surface area contributed by atoms with Gasteiger partial charge in [-0.1, -0.05) is 0 Å². The zero-order valence-electron chi connectivity index (χ0n) is 14.3. The second kappa shape index (κ2) is 6.28. The molecule has 3 heterocycles. The molecule has 2 aliphatic heterocycles. The van der Waals surface area contributed by atoms with Crippen LogP contribution in [0.15, 0.2) is 41.2 Å². The summed E-state index contributed by atoms with van der Waals surface area (Å²) >= 11 is 0. The number of aromatic nitrogens is 2. The summed E-state index contributed by atoms with van der Waals surface area (Å²) in [6.07, 6.45) is 3.54. The van der Waals surface area contributed by atoms with Gasteiger partial charge < -0.3 is 15.2 Å². The van der Waals surface area contributed by atoms with Gasteiger partial charge in [-0.2, -0.15) is 5.10 Å². The molecule has 0 aliphatic carbocycles. The lowest BCUT2D eigenvalue weighted by Crippen LogP contribution is -2.51. The fraction of sp³-hybridized carbons (Fsp3) is 0.474. The Kier molecular flexibility index (Phi) is 4.09. The first-order chi connectivity index (χ1) is 12.0. The molecule has 2 saturated heterocycles. The highest BCUT2D eigenvalue weighted by Crippen LogP contribution is 2.34. The smallest absolute Gasteiger partial charge is 0.266 e. The zero-order valence-corrected chi connectivity index (χ0v) is 14.3. The molecule has 0 radical (unpaired) electrons. The number of hydrogen-bond acceptors (Lipinski definition) is 5. The van der Waals surface area contributed by atoms with Crippen molar-refractivity contribution in [3.05, 3.63) is 46.8 Å². The lowest BCUT2D eigenvalue weighted by Gasteiger charge is -2.37. The van der Waals surface area contributed by atoms with E-state index in [2.05, 4.69) is 10.4 Å². The molecule has 6 nitrogen and oxygen atoms in total. The molecule has 6 heteroatoms. The summed E-state index contributed by atoms with van der Waals surface area (Å²) in [5.41, 5.74) is 0.568. The van der Waals surface area contributed by atoms with Gasteiger partial charge in [-0.25, -0.2) is 4.68 Å². The minimum atomic E-state index is -0.869. The number of rotatable bonds is 4. The third-order valence-electron chi connectivity index (χ3n) is 5.28. The summed E-state index contributed by atoms with van der Waals surface area (Å²) in [5, 5.41) is 19.0. The van der Waals surface area contributed by atoms with E-state index < -0.39 is 5.60 Å². The number of nitrogens with zero attached hydrogens (tertiary/aromatic N) is 2.